The molecule has 0 saturated heterocycles. The van der Waals surface area contributed by atoms with E-state index in [0.29, 0.717) is 18.4 Å². The van der Waals surface area contributed by atoms with Crippen molar-refractivity contribution in [3.63, 3.8) is 0 Å². The number of carbonyl (C=O) groups excluding carboxylic acids is 1. The quantitative estimate of drug-likeness (QED) is 0.590. The monoisotopic (exact) mass is 361 g/mol. The van der Waals surface area contributed by atoms with Gasteiger partial charge in [-0.2, -0.15) is 0 Å². The molecule has 1 N–H and O–H groups in total. The fraction of sp³-hybridized carbons (Fsp3) is 0.200. The number of amides is 1. The van der Waals surface area contributed by atoms with Crippen molar-refractivity contribution >= 4 is 22.9 Å². The third kappa shape index (κ3) is 3.57. The van der Waals surface area contributed by atoms with E-state index in [2.05, 4.69) is 39.6 Å². The average Bonchev–Trinajstić information content (AvgIpc) is 3.20. The first-order valence-electron chi connectivity index (χ1n) is 8.69. The SMILES string of the molecule is Cc1nnc(CC(=O)Nc2nc3ccccc3n2Cc2ccccc2C)o1. The molecule has 1 amide bonds. The molecule has 4 aromatic rings. The van der Waals surface area contributed by atoms with Crippen LogP contribution in [0.25, 0.3) is 11.0 Å². The van der Waals surface area contributed by atoms with Gasteiger partial charge in [-0.1, -0.05) is 36.4 Å². The van der Waals surface area contributed by atoms with E-state index in [-0.39, 0.29) is 18.2 Å². The highest BCUT2D eigenvalue weighted by Gasteiger charge is 2.16. The summed E-state index contributed by atoms with van der Waals surface area (Å²) in [5.74, 6) is 0.969. The lowest BCUT2D eigenvalue weighted by atomic mass is 10.1. The number of aryl methyl sites for hydroxylation is 2. The van der Waals surface area contributed by atoms with E-state index in [1.165, 1.54) is 11.1 Å². The van der Waals surface area contributed by atoms with E-state index in [1.807, 2.05) is 41.0 Å². The average molecular weight is 361 g/mol. The highest BCUT2D eigenvalue weighted by molar-refractivity contribution is 5.92. The highest BCUT2D eigenvalue weighted by Crippen LogP contribution is 2.22. The number of aromatic nitrogens is 4. The summed E-state index contributed by atoms with van der Waals surface area (Å²) in [6, 6.07) is 16.0. The maximum atomic E-state index is 12.4. The third-order valence-corrected chi connectivity index (χ3v) is 4.38. The van der Waals surface area contributed by atoms with Crippen LogP contribution in [-0.4, -0.2) is 25.7 Å². The predicted molar refractivity (Wildman–Crippen MR) is 101 cm³/mol. The Kier molecular flexibility index (Phi) is 4.42. The van der Waals surface area contributed by atoms with Gasteiger partial charge < -0.3 is 8.98 Å². The van der Waals surface area contributed by atoms with E-state index < -0.39 is 0 Å². The Morgan fingerprint density at radius 2 is 1.85 bits per heavy atom. The Bertz CT molecular complexity index is 1110. The number of nitrogens with one attached hydrogen (secondary N) is 1. The summed E-state index contributed by atoms with van der Waals surface area (Å²) in [7, 11) is 0. The second kappa shape index (κ2) is 7.03. The van der Waals surface area contributed by atoms with Crippen LogP contribution in [-0.2, 0) is 17.8 Å². The fourth-order valence-electron chi connectivity index (χ4n) is 3.00. The van der Waals surface area contributed by atoms with Gasteiger partial charge in [0.15, 0.2) is 0 Å². The smallest absolute Gasteiger partial charge is 0.236 e. The lowest BCUT2D eigenvalue weighted by molar-refractivity contribution is -0.115. The number of rotatable bonds is 5. The van der Waals surface area contributed by atoms with Gasteiger partial charge in [0.05, 0.1) is 17.6 Å². The largest absolute Gasteiger partial charge is 0.425 e. The van der Waals surface area contributed by atoms with Crippen LogP contribution >= 0.6 is 0 Å². The molecule has 0 aliphatic rings. The molecule has 0 saturated carbocycles. The van der Waals surface area contributed by atoms with Gasteiger partial charge >= 0.3 is 0 Å². The van der Waals surface area contributed by atoms with Gasteiger partial charge in [-0.3, -0.25) is 10.1 Å². The van der Waals surface area contributed by atoms with Gasteiger partial charge in [-0.15, -0.1) is 10.2 Å². The summed E-state index contributed by atoms with van der Waals surface area (Å²) < 4.78 is 7.29. The normalized spacial score (nSPS) is 11.0. The topological polar surface area (TPSA) is 85.8 Å². The van der Waals surface area contributed by atoms with Crippen LogP contribution in [0.15, 0.2) is 52.9 Å². The van der Waals surface area contributed by atoms with Crippen molar-refractivity contribution in [2.45, 2.75) is 26.8 Å². The van der Waals surface area contributed by atoms with E-state index in [9.17, 15) is 4.79 Å². The van der Waals surface area contributed by atoms with Gasteiger partial charge in [0, 0.05) is 6.92 Å². The lowest BCUT2D eigenvalue weighted by Gasteiger charge is -2.11. The molecule has 4 rings (SSSR count). The van der Waals surface area contributed by atoms with Crippen LogP contribution in [0, 0.1) is 13.8 Å². The minimum absolute atomic E-state index is 0.00834. The summed E-state index contributed by atoms with van der Waals surface area (Å²) in [4.78, 5) is 17.0. The molecule has 0 spiro atoms. The number of fused-ring (bicyclic) bond motifs is 1. The number of carbonyl (C=O) groups is 1. The lowest BCUT2D eigenvalue weighted by Crippen LogP contribution is -2.18. The van der Waals surface area contributed by atoms with Crippen molar-refractivity contribution < 1.29 is 9.21 Å². The van der Waals surface area contributed by atoms with Gasteiger partial charge in [0.25, 0.3) is 0 Å². The number of imidazole rings is 1. The molecule has 7 nitrogen and oxygen atoms in total. The van der Waals surface area contributed by atoms with E-state index >= 15 is 0 Å². The molecule has 0 unspecified atom stereocenters. The summed E-state index contributed by atoms with van der Waals surface area (Å²) >= 11 is 0. The van der Waals surface area contributed by atoms with Crippen LogP contribution in [0.1, 0.15) is 22.9 Å². The first-order chi connectivity index (χ1) is 13.1. The Morgan fingerprint density at radius 3 is 2.63 bits per heavy atom. The molecule has 7 heteroatoms. The van der Waals surface area contributed by atoms with E-state index in [4.69, 9.17) is 4.42 Å². The molecule has 27 heavy (non-hydrogen) atoms. The zero-order valence-corrected chi connectivity index (χ0v) is 15.1. The van der Waals surface area contributed by atoms with Crippen molar-refractivity contribution in [2.24, 2.45) is 0 Å². The Hall–Kier alpha value is -3.48. The maximum Gasteiger partial charge on any atom is 0.236 e. The van der Waals surface area contributed by atoms with Gasteiger partial charge in [0.2, 0.25) is 23.6 Å². The van der Waals surface area contributed by atoms with Gasteiger partial charge in [-0.25, -0.2) is 4.98 Å². The maximum absolute atomic E-state index is 12.4. The van der Waals surface area contributed by atoms with Crippen molar-refractivity contribution in [1.82, 2.24) is 19.7 Å². The summed E-state index contributed by atoms with van der Waals surface area (Å²) in [5, 5.41) is 10.5. The second-order valence-corrected chi connectivity index (χ2v) is 6.38. The minimum atomic E-state index is -0.250. The number of anilines is 1. The van der Waals surface area contributed by atoms with Crippen molar-refractivity contribution in [2.75, 3.05) is 5.32 Å². The zero-order valence-electron chi connectivity index (χ0n) is 15.1. The van der Waals surface area contributed by atoms with Crippen molar-refractivity contribution in [1.29, 1.82) is 0 Å². The van der Waals surface area contributed by atoms with Gasteiger partial charge in [-0.05, 0) is 30.2 Å². The number of para-hydroxylation sites is 2. The zero-order chi connectivity index (χ0) is 18.8. The Balaban J connectivity index is 1.65. The first kappa shape index (κ1) is 17.0. The Morgan fingerprint density at radius 1 is 1.07 bits per heavy atom. The minimum Gasteiger partial charge on any atom is -0.425 e. The number of hydrogen-bond acceptors (Lipinski definition) is 5. The molecule has 0 aliphatic heterocycles. The number of hydrogen-bond donors (Lipinski definition) is 1. The van der Waals surface area contributed by atoms with Crippen LogP contribution < -0.4 is 5.32 Å². The molecule has 0 fully saturated rings. The standard InChI is InChI=1S/C20H19N5O2/c1-13-7-3-4-8-15(13)12-25-17-10-6-5-9-16(17)21-20(25)22-18(26)11-19-24-23-14(2)27-19/h3-10H,11-12H2,1-2H3,(H,21,22,26). The molecule has 2 heterocycles. The molecule has 136 valence electrons. The number of benzene rings is 2. The molecule has 0 bridgehead atoms. The predicted octanol–water partition coefficient (Wildman–Crippen LogP) is 3.27. The Labute approximate surface area is 156 Å². The summed E-state index contributed by atoms with van der Waals surface area (Å²) in [6.45, 7) is 4.38. The van der Waals surface area contributed by atoms with E-state index in [1.54, 1.807) is 6.92 Å². The third-order valence-electron chi connectivity index (χ3n) is 4.38. The first-order valence-corrected chi connectivity index (χ1v) is 8.69. The van der Waals surface area contributed by atoms with Gasteiger partial charge in [0.1, 0.15) is 6.42 Å². The van der Waals surface area contributed by atoms with Crippen LogP contribution in [0.5, 0.6) is 0 Å². The molecule has 2 aromatic carbocycles. The molecular formula is C20H19N5O2. The van der Waals surface area contributed by atoms with E-state index in [0.717, 1.165) is 11.0 Å². The van der Waals surface area contributed by atoms with Crippen molar-refractivity contribution in [3.05, 3.63) is 71.4 Å². The highest BCUT2D eigenvalue weighted by atomic mass is 16.4. The molecule has 0 atom stereocenters. The molecular weight excluding hydrogens is 342 g/mol. The summed E-state index contributed by atoms with van der Waals surface area (Å²) in [6.07, 6.45) is 0.00834. The molecule has 0 aliphatic carbocycles. The second-order valence-electron chi connectivity index (χ2n) is 6.38. The summed E-state index contributed by atoms with van der Waals surface area (Å²) in [5.41, 5.74) is 4.15. The molecule has 0 radical (unpaired) electrons. The van der Waals surface area contributed by atoms with Crippen LogP contribution in [0.4, 0.5) is 5.95 Å². The van der Waals surface area contributed by atoms with Crippen LogP contribution in [0.2, 0.25) is 0 Å². The fourth-order valence-corrected chi connectivity index (χ4v) is 3.00. The van der Waals surface area contributed by atoms with Crippen molar-refractivity contribution in [3.8, 4) is 0 Å². The molecule has 2 aromatic heterocycles. The van der Waals surface area contributed by atoms with Crippen LogP contribution in [0.3, 0.4) is 0 Å². The number of nitrogens with zero attached hydrogens (tertiary/aromatic N) is 4.